The van der Waals surface area contributed by atoms with Gasteiger partial charge in [-0.25, -0.2) is 0 Å². The van der Waals surface area contributed by atoms with Gasteiger partial charge in [0.1, 0.15) is 0 Å². The molecule has 0 radical (unpaired) electrons. The van der Waals surface area contributed by atoms with E-state index in [1.807, 2.05) is 0 Å². The Bertz CT molecular complexity index is 98.6. The van der Waals surface area contributed by atoms with Gasteiger partial charge in [0.25, 0.3) is 0 Å². The normalized spacial score (nSPS) is 11.5. The molecule has 0 amide bonds. The van der Waals surface area contributed by atoms with Crippen molar-refractivity contribution in [2.24, 2.45) is 4.99 Å². The van der Waals surface area contributed by atoms with E-state index < -0.39 is 0 Å². The zero-order chi connectivity index (χ0) is 6.41. The highest BCUT2D eigenvalue weighted by Gasteiger charge is 1.82. The second kappa shape index (κ2) is 5.21. The van der Waals surface area contributed by atoms with Gasteiger partial charge < -0.3 is 5.32 Å². The summed E-state index contributed by atoms with van der Waals surface area (Å²) in [5.74, 6) is 0. The molecule has 0 rings (SSSR count). The summed E-state index contributed by atoms with van der Waals surface area (Å²) in [5, 5.41) is 3.12. The molecular weight excluding hydrogens is 215 g/mol. The molecule has 0 unspecified atom stereocenters. The van der Waals surface area contributed by atoms with Crippen molar-refractivity contribution in [1.82, 2.24) is 5.32 Å². The zero-order valence-corrected chi connectivity index (χ0v) is 7.40. The average Bonchev–Trinajstić information content (AvgIpc) is 1.83. The Hall–Kier alpha value is 0.0700. The minimum atomic E-state index is -0.0761. The van der Waals surface area contributed by atoms with Crippen molar-refractivity contribution in [1.29, 1.82) is 0 Å². The second-order valence-electron chi connectivity index (χ2n) is 1.18. The summed E-state index contributed by atoms with van der Waals surface area (Å²) in [6.45, 7) is 3.02. The molecule has 0 aromatic heterocycles. The molecule has 3 heteroatoms. The van der Waals surface area contributed by atoms with Crippen LogP contribution in [0.4, 0.5) is 0 Å². The second-order valence-corrected chi connectivity index (χ2v) is 2.96. The minimum absolute atomic E-state index is 0.0761. The number of aliphatic imine (C=N–C) groups is 1. The summed E-state index contributed by atoms with van der Waals surface area (Å²) in [4.78, 5) is 3.99. The maximum atomic E-state index is 3.99. The molecule has 0 aliphatic rings. The van der Waals surface area contributed by atoms with Crippen molar-refractivity contribution in [3.63, 3.8) is 0 Å². The Morgan fingerprint density at radius 2 is 2.50 bits per heavy atom. The first-order valence-corrected chi connectivity index (χ1v) is 5.04. The van der Waals surface area contributed by atoms with E-state index in [-0.39, 0.29) is 20.7 Å². The quantitative estimate of drug-likeness (QED) is 0.323. The number of rotatable bonds is 2. The molecule has 48 valence electrons. The highest BCUT2D eigenvalue weighted by Crippen LogP contribution is 1.91. The van der Waals surface area contributed by atoms with E-state index in [2.05, 4.69) is 21.7 Å². The zero-order valence-electron chi connectivity index (χ0n) is 5.24. The van der Waals surface area contributed by atoms with Gasteiger partial charge in [-0.05, 0) is 6.92 Å². The van der Waals surface area contributed by atoms with Gasteiger partial charge in [0.15, 0.2) is 3.84 Å². The Kier molecular flexibility index (Phi) is 5.26. The number of amidine groups is 1. The van der Waals surface area contributed by atoms with Crippen LogP contribution >= 0.6 is 20.7 Å². The van der Waals surface area contributed by atoms with Crippen LogP contribution in [-0.2, 0) is 0 Å². The Balaban J connectivity index is 3.54. The van der Waals surface area contributed by atoms with Gasteiger partial charge in [0.05, 0.1) is 0 Å². The van der Waals surface area contributed by atoms with Gasteiger partial charge in [-0.1, -0.05) is 25.2 Å². The van der Waals surface area contributed by atoms with E-state index in [9.17, 15) is 0 Å². The number of nitrogens with one attached hydrogen (secondary N) is 1. The molecule has 0 atom stereocenters. The van der Waals surface area contributed by atoms with E-state index in [1.54, 1.807) is 7.05 Å². The maximum Gasteiger partial charge on any atom is 0.153 e. The van der Waals surface area contributed by atoms with Crippen LogP contribution < -0.4 is 5.32 Å². The SMILES string of the molecule is C=IC(=NC)NCC. The number of halogens is 1. The van der Waals surface area contributed by atoms with Crippen LogP contribution in [0, 0.1) is 0 Å². The van der Waals surface area contributed by atoms with Gasteiger partial charge in [-0.2, -0.15) is 0 Å². The predicted octanol–water partition coefficient (Wildman–Crippen LogP) is 0.984. The third-order valence-electron chi connectivity index (χ3n) is 0.646. The molecule has 0 aromatic rings. The molecule has 0 aliphatic heterocycles. The molecule has 8 heavy (non-hydrogen) atoms. The Labute approximate surface area is 60.1 Å². The van der Waals surface area contributed by atoms with Crippen LogP contribution in [0.3, 0.4) is 0 Å². The van der Waals surface area contributed by atoms with Crippen LogP contribution in [0.5, 0.6) is 0 Å². The molecular formula is C5H11IN2. The molecule has 0 saturated heterocycles. The standard InChI is InChI=1S/C5H11IN2/c1-4-8-5(6-2)7-3/h2,4H2,1,3H3,(H,7,8). The van der Waals surface area contributed by atoms with Crippen molar-refractivity contribution in [2.45, 2.75) is 6.92 Å². The fourth-order valence-corrected chi connectivity index (χ4v) is 1.32. The summed E-state index contributed by atoms with van der Waals surface area (Å²) in [5.41, 5.74) is 0. The van der Waals surface area contributed by atoms with E-state index >= 15 is 0 Å². The van der Waals surface area contributed by atoms with Crippen LogP contribution in [0.15, 0.2) is 4.99 Å². The fraction of sp³-hybridized carbons (Fsp3) is 0.600. The Morgan fingerprint density at radius 3 is 2.62 bits per heavy atom. The maximum absolute atomic E-state index is 3.99. The van der Waals surface area contributed by atoms with Crippen molar-refractivity contribution in [2.75, 3.05) is 13.6 Å². The lowest BCUT2D eigenvalue weighted by molar-refractivity contribution is 0.981. The highest BCUT2D eigenvalue weighted by molar-refractivity contribution is 14.2. The fourth-order valence-electron chi connectivity index (χ4n) is 0.332. The molecule has 0 spiro atoms. The molecule has 0 bridgehead atoms. The van der Waals surface area contributed by atoms with Crippen molar-refractivity contribution < 1.29 is 0 Å². The summed E-state index contributed by atoms with van der Waals surface area (Å²) < 4.78 is 4.88. The van der Waals surface area contributed by atoms with Gasteiger partial charge in [-0.15, -0.1) is 0 Å². The van der Waals surface area contributed by atoms with E-state index in [0.29, 0.717) is 0 Å². The van der Waals surface area contributed by atoms with Crippen molar-refractivity contribution in [3.05, 3.63) is 0 Å². The number of nitrogens with zero attached hydrogens (tertiary/aromatic N) is 1. The van der Waals surface area contributed by atoms with Crippen molar-refractivity contribution >= 4 is 29.1 Å². The van der Waals surface area contributed by atoms with Crippen molar-refractivity contribution in [3.8, 4) is 0 Å². The molecule has 0 aromatic carbocycles. The third kappa shape index (κ3) is 3.12. The summed E-state index contributed by atoms with van der Waals surface area (Å²) in [6.07, 6.45) is 0. The minimum Gasteiger partial charge on any atom is -0.366 e. The largest absolute Gasteiger partial charge is 0.366 e. The first-order valence-electron chi connectivity index (χ1n) is 2.44. The molecule has 2 nitrogen and oxygen atoms in total. The summed E-state index contributed by atoms with van der Waals surface area (Å²) in [6, 6.07) is 0. The molecule has 0 fully saturated rings. The van der Waals surface area contributed by atoms with Crippen LogP contribution in [-0.4, -0.2) is 21.9 Å². The molecule has 0 aliphatic carbocycles. The predicted molar refractivity (Wildman–Crippen MR) is 48.2 cm³/mol. The number of hydrogen-bond donors (Lipinski definition) is 1. The molecule has 1 N–H and O–H groups in total. The van der Waals surface area contributed by atoms with E-state index in [4.69, 9.17) is 0 Å². The molecule has 0 heterocycles. The van der Waals surface area contributed by atoms with Gasteiger partial charge in [-0.3, -0.25) is 4.99 Å². The average molecular weight is 226 g/mol. The lowest BCUT2D eigenvalue weighted by Gasteiger charge is -1.96. The summed E-state index contributed by atoms with van der Waals surface area (Å²) >= 11 is -0.0761. The van der Waals surface area contributed by atoms with Crippen LogP contribution in [0.1, 0.15) is 6.92 Å². The first kappa shape index (κ1) is 8.07. The van der Waals surface area contributed by atoms with Crippen LogP contribution in [0.25, 0.3) is 0 Å². The smallest absolute Gasteiger partial charge is 0.153 e. The lowest BCUT2D eigenvalue weighted by Crippen LogP contribution is -2.16. The van der Waals surface area contributed by atoms with Gasteiger partial charge in [0, 0.05) is 13.6 Å². The van der Waals surface area contributed by atoms with Gasteiger partial charge >= 0.3 is 0 Å². The lowest BCUT2D eigenvalue weighted by atomic mass is 10.8. The Morgan fingerprint density at radius 1 is 1.88 bits per heavy atom. The van der Waals surface area contributed by atoms with E-state index in [1.165, 1.54) is 0 Å². The number of hydrogen-bond acceptors (Lipinski definition) is 1. The van der Waals surface area contributed by atoms with Gasteiger partial charge in [0.2, 0.25) is 0 Å². The van der Waals surface area contributed by atoms with E-state index in [0.717, 1.165) is 10.4 Å². The third-order valence-corrected chi connectivity index (χ3v) is 2.23. The van der Waals surface area contributed by atoms with Crippen LogP contribution in [0.2, 0.25) is 0 Å². The highest BCUT2D eigenvalue weighted by atomic mass is 127. The first-order chi connectivity index (χ1) is 3.85. The summed E-state index contributed by atoms with van der Waals surface area (Å²) in [7, 11) is 1.79. The molecule has 0 saturated carbocycles. The topological polar surface area (TPSA) is 24.4 Å². The monoisotopic (exact) mass is 226 g/mol.